The van der Waals surface area contributed by atoms with Gasteiger partial charge in [-0.1, -0.05) is 37.6 Å². The van der Waals surface area contributed by atoms with E-state index in [1.165, 1.54) is 23.1 Å². The molecular weight excluding hydrogens is 354 g/mol. The van der Waals surface area contributed by atoms with E-state index in [4.69, 9.17) is 16.3 Å². The quantitative estimate of drug-likeness (QED) is 0.589. The van der Waals surface area contributed by atoms with E-state index in [1.54, 1.807) is 24.3 Å². The minimum Gasteiger partial charge on any atom is -0.457 e. The fourth-order valence-corrected chi connectivity index (χ4v) is 2.89. The van der Waals surface area contributed by atoms with Crippen molar-refractivity contribution in [2.75, 3.05) is 6.54 Å². The molecule has 134 valence electrons. The van der Waals surface area contributed by atoms with E-state index in [0.29, 0.717) is 17.1 Å². The second-order valence-corrected chi connectivity index (χ2v) is 7.01. The van der Waals surface area contributed by atoms with Crippen LogP contribution < -0.4 is 0 Å². The van der Waals surface area contributed by atoms with Crippen LogP contribution in [-0.2, 0) is 11.3 Å². The molecule has 0 saturated carbocycles. The lowest BCUT2D eigenvalue weighted by molar-refractivity contribution is 0.0472. The molecule has 0 spiro atoms. The summed E-state index contributed by atoms with van der Waals surface area (Å²) in [5.74, 6) is -1.07. The molecule has 0 N–H and O–H groups in total. The molecule has 3 rings (SSSR count). The van der Waals surface area contributed by atoms with Gasteiger partial charge in [0.2, 0.25) is 0 Å². The Morgan fingerprint density at radius 1 is 1.04 bits per heavy atom. The van der Waals surface area contributed by atoms with Gasteiger partial charge in [-0.05, 0) is 41.8 Å². The smallest absolute Gasteiger partial charge is 0.338 e. The van der Waals surface area contributed by atoms with Crippen LogP contribution in [-0.4, -0.2) is 29.2 Å². The van der Waals surface area contributed by atoms with Gasteiger partial charge in [-0.3, -0.25) is 14.5 Å². The molecule has 26 heavy (non-hydrogen) atoms. The molecule has 1 aliphatic heterocycles. The molecule has 2 amide bonds. The molecule has 0 aromatic heterocycles. The molecular formula is C20H18ClNO4. The highest BCUT2D eigenvalue weighted by molar-refractivity contribution is 6.30. The molecule has 0 radical (unpaired) electrons. The molecule has 6 heteroatoms. The van der Waals surface area contributed by atoms with Crippen molar-refractivity contribution in [3.05, 3.63) is 69.7 Å². The number of hydrogen-bond acceptors (Lipinski definition) is 4. The van der Waals surface area contributed by atoms with Crippen LogP contribution in [0.1, 0.15) is 50.5 Å². The molecule has 2 aromatic carbocycles. The third-order valence-electron chi connectivity index (χ3n) is 4.04. The zero-order chi connectivity index (χ0) is 18.8. The maximum atomic E-state index is 12.5. The van der Waals surface area contributed by atoms with E-state index in [1.807, 2.05) is 13.8 Å². The van der Waals surface area contributed by atoms with Crippen molar-refractivity contribution in [2.24, 2.45) is 5.92 Å². The first kappa shape index (κ1) is 18.1. The molecule has 0 bridgehead atoms. The average Bonchev–Trinajstić information content (AvgIpc) is 2.85. The maximum absolute atomic E-state index is 12.5. The monoisotopic (exact) mass is 371 g/mol. The number of nitrogens with zero attached hydrogens (tertiary/aromatic N) is 1. The summed E-state index contributed by atoms with van der Waals surface area (Å²) in [7, 11) is 0. The molecule has 0 fully saturated rings. The van der Waals surface area contributed by atoms with Crippen LogP contribution in [0.25, 0.3) is 0 Å². The number of ether oxygens (including phenoxy) is 1. The number of imide groups is 1. The molecule has 2 aromatic rings. The Labute approximate surface area is 156 Å². The first-order chi connectivity index (χ1) is 12.4. The second kappa shape index (κ2) is 7.30. The number of halogens is 1. The van der Waals surface area contributed by atoms with Crippen molar-refractivity contribution < 1.29 is 19.1 Å². The fraction of sp³-hybridized carbons (Fsp3) is 0.250. The summed E-state index contributed by atoms with van der Waals surface area (Å²) in [6, 6.07) is 11.4. The molecule has 0 aliphatic carbocycles. The predicted molar refractivity (Wildman–Crippen MR) is 97.2 cm³/mol. The molecule has 1 heterocycles. The van der Waals surface area contributed by atoms with E-state index in [9.17, 15) is 14.4 Å². The van der Waals surface area contributed by atoms with Crippen molar-refractivity contribution in [1.29, 1.82) is 0 Å². The number of rotatable bonds is 5. The number of hydrogen-bond donors (Lipinski definition) is 0. The Hall–Kier alpha value is -2.66. The Morgan fingerprint density at radius 3 is 2.35 bits per heavy atom. The lowest BCUT2D eigenvalue weighted by Crippen LogP contribution is -2.33. The SMILES string of the molecule is CC(C)CN1C(=O)c2ccc(C(=O)OCc3ccc(Cl)cc3)cc2C1=O. The standard InChI is InChI=1S/C20H18ClNO4/c1-12(2)10-22-18(23)16-8-5-14(9-17(16)19(22)24)20(25)26-11-13-3-6-15(21)7-4-13/h3-9,12H,10-11H2,1-2H3. The van der Waals surface area contributed by atoms with Crippen molar-refractivity contribution in [2.45, 2.75) is 20.5 Å². The first-order valence-electron chi connectivity index (χ1n) is 8.28. The number of amides is 2. The van der Waals surface area contributed by atoms with Gasteiger partial charge in [-0.2, -0.15) is 0 Å². The van der Waals surface area contributed by atoms with Gasteiger partial charge in [0.25, 0.3) is 11.8 Å². The molecule has 0 atom stereocenters. The highest BCUT2D eigenvalue weighted by Gasteiger charge is 2.36. The van der Waals surface area contributed by atoms with Crippen LogP contribution in [0.3, 0.4) is 0 Å². The van der Waals surface area contributed by atoms with Gasteiger partial charge in [0, 0.05) is 11.6 Å². The summed E-state index contributed by atoms with van der Waals surface area (Å²) in [5.41, 5.74) is 1.62. The molecule has 5 nitrogen and oxygen atoms in total. The van der Waals surface area contributed by atoms with E-state index in [-0.39, 0.29) is 35.5 Å². The molecule has 0 unspecified atom stereocenters. The van der Waals surface area contributed by atoms with Gasteiger partial charge in [-0.25, -0.2) is 4.79 Å². The average molecular weight is 372 g/mol. The highest BCUT2D eigenvalue weighted by Crippen LogP contribution is 2.25. The number of carbonyl (C=O) groups is 3. The Kier molecular flexibility index (Phi) is 5.09. The van der Waals surface area contributed by atoms with Crippen LogP contribution in [0.2, 0.25) is 5.02 Å². The van der Waals surface area contributed by atoms with Gasteiger partial charge in [0.15, 0.2) is 0 Å². The number of carbonyl (C=O) groups excluding carboxylic acids is 3. The Bertz CT molecular complexity index is 874. The summed E-state index contributed by atoms with van der Waals surface area (Å²) < 4.78 is 5.28. The molecule has 0 saturated heterocycles. The zero-order valence-electron chi connectivity index (χ0n) is 14.5. The van der Waals surface area contributed by atoms with E-state index < -0.39 is 5.97 Å². The summed E-state index contributed by atoms with van der Waals surface area (Å²) in [4.78, 5) is 38.3. The zero-order valence-corrected chi connectivity index (χ0v) is 15.2. The van der Waals surface area contributed by atoms with Gasteiger partial charge >= 0.3 is 5.97 Å². The lowest BCUT2D eigenvalue weighted by atomic mass is 10.1. The summed E-state index contributed by atoms with van der Waals surface area (Å²) in [5, 5.41) is 0.604. The summed E-state index contributed by atoms with van der Waals surface area (Å²) >= 11 is 5.82. The normalized spacial score (nSPS) is 13.3. The minimum atomic E-state index is -0.551. The minimum absolute atomic E-state index is 0.0967. The first-order valence-corrected chi connectivity index (χ1v) is 8.66. The second-order valence-electron chi connectivity index (χ2n) is 6.58. The van der Waals surface area contributed by atoms with E-state index >= 15 is 0 Å². The Morgan fingerprint density at radius 2 is 1.69 bits per heavy atom. The van der Waals surface area contributed by atoms with Gasteiger partial charge in [0.05, 0.1) is 16.7 Å². The van der Waals surface area contributed by atoms with Crippen molar-refractivity contribution >= 4 is 29.4 Å². The number of esters is 1. The van der Waals surface area contributed by atoms with Crippen molar-refractivity contribution in [1.82, 2.24) is 4.90 Å². The van der Waals surface area contributed by atoms with Crippen molar-refractivity contribution in [3.8, 4) is 0 Å². The third-order valence-corrected chi connectivity index (χ3v) is 4.29. The summed E-state index contributed by atoms with van der Waals surface area (Å²) in [6.45, 7) is 4.31. The maximum Gasteiger partial charge on any atom is 0.338 e. The number of benzene rings is 2. The largest absolute Gasteiger partial charge is 0.457 e. The van der Waals surface area contributed by atoms with E-state index in [2.05, 4.69) is 0 Å². The lowest BCUT2D eigenvalue weighted by Gasteiger charge is -2.15. The van der Waals surface area contributed by atoms with Crippen LogP contribution in [0.5, 0.6) is 0 Å². The summed E-state index contributed by atoms with van der Waals surface area (Å²) in [6.07, 6.45) is 0. The van der Waals surface area contributed by atoms with Crippen LogP contribution in [0.15, 0.2) is 42.5 Å². The van der Waals surface area contributed by atoms with Gasteiger partial charge in [-0.15, -0.1) is 0 Å². The van der Waals surface area contributed by atoms with Crippen LogP contribution in [0.4, 0.5) is 0 Å². The highest BCUT2D eigenvalue weighted by atomic mass is 35.5. The molecule has 1 aliphatic rings. The Balaban J connectivity index is 1.74. The third kappa shape index (κ3) is 3.63. The van der Waals surface area contributed by atoms with Crippen LogP contribution >= 0.6 is 11.6 Å². The fourth-order valence-electron chi connectivity index (χ4n) is 2.76. The topological polar surface area (TPSA) is 63.7 Å². The van der Waals surface area contributed by atoms with Gasteiger partial charge in [0.1, 0.15) is 6.61 Å². The van der Waals surface area contributed by atoms with E-state index in [0.717, 1.165) is 5.56 Å². The number of fused-ring (bicyclic) bond motifs is 1. The van der Waals surface area contributed by atoms with Crippen molar-refractivity contribution in [3.63, 3.8) is 0 Å². The predicted octanol–water partition coefficient (Wildman–Crippen LogP) is 3.95. The van der Waals surface area contributed by atoms with Crippen LogP contribution in [0, 0.1) is 5.92 Å². The van der Waals surface area contributed by atoms with Gasteiger partial charge < -0.3 is 4.74 Å².